The third kappa shape index (κ3) is 1.85. The zero-order chi connectivity index (χ0) is 13.6. The first-order chi connectivity index (χ1) is 8.27. The van der Waals surface area contributed by atoms with Crippen molar-refractivity contribution < 1.29 is 14.6 Å². The molecule has 2 rings (SSSR count). The minimum absolute atomic E-state index is 0.286. The molecule has 18 heavy (non-hydrogen) atoms. The lowest BCUT2D eigenvalue weighted by Crippen LogP contribution is -2.49. The summed E-state index contributed by atoms with van der Waals surface area (Å²) < 4.78 is 5.59. The lowest BCUT2D eigenvalue weighted by Gasteiger charge is -2.40. The number of aliphatic hydroxyl groups is 1. The molecule has 0 fully saturated rings. The highest BCUT2D eigenvalue weighted by molar-refractivity contribution is 6.11. The Hall–Kier alpha value is -1.61. The molecule has 3 heteroatoms. The van der Waals surface area contributed by atoms with Crippen molar-refractivity contribution >= 4 is 5.78 Å². The van der Waals surface area contributed by atoms with Gasteiger partial charge in [0.15, 0.2) is 11.4 Å². The highest BCUT2D eigenvalue weighted by Crippen LogP contribution is 2.44. The fourth-order valence-electron chi connectivity index (χ4n) is 2.06. The van der Waals surface area contributed by atoms with E-state index >= 15 is 0 Å². The van der Waals surface area contributed by atoms with Crippen molar-refractivity contribution in [1.29, 1.82) is 0 Å². The van der Waals surface area contributed by atoms with E-state index in [1.165, 1.54) is 0 Å². The Balaban J connectivity index is 2.38. The van der Waals surface area contributed by atoms with Gasteiger partial charge in [-0.1, -0.05) is 30.3 Å². The summed E-state index contributed by atoms with van der Waals surface area (Å²) in [4.78, 5) is 12.1. The van der Waals surface area contributed by atoms with Crippen molar-refractivity contribution in [1.82, 2.24) is 0 Å². The monoisotopic (exact) mass is 246 g/mol. The Morgan fingerprint density at radius 1 is 1.17 bits per heavy atom. The molecule has 1 aromatic carbocycles. The van der Waals surface area contributed by atoms with Crippen LogP contribution in [0.4, 0.5) is 0 Å². The van der Waals surface area contributed by atoms with Gasteiger partial charge < -0.3 is 9.84 Å². The van der Waals surface area contributed by atoms with Crippen LogP contribution in [0.25, 0.3) is 0 Å². The molecular formula is C15H18O3. The molecule has 0 saturated carbocycles. The van der Waals surface area contributed by atoms with E-state index in [0.717, 1.165) is 0 Å². The van der Waals surface area contributed by atoms with Crippen molar-refractivity contribution in [2.45, 2.75) is 38.9 Å². The Kier molecular flexibility index (Phi) is 2.82. The number of benzene rings is 1. The first-order valence-corrected chi connectivity index (χ1v) is 6.00. The Labute approximate surface area is 107 Å². The van der Waals surface area contributed by atoms with Gasteiger partial charge in [0.1, 0.15) is 5.60 Å². The van der Waals surface area contributed by atoms with Crippen molar-refractivity contribution in [3.8, 4) is 0 Å². The van der Waals surface area contributed by atoms with Crippen LogP contribution in [0.1, 0.15) is 33.3 Å². The summed E-state index contributed by atoms with van der Waals surface area (Å²) in [6, 6.07) is 8.94. The molecule has 0 amide bonds. The number of rotatable bonds is 2. The van der Waals surface area contributed by atoms with E-state index in [0.29, 0.717) is 11.1 Å². The summed E-state index contributed by atoms with van der Waals surface area (Å²) >= 11 is 0. The maximum atomic E-state index is 12.1. The van der Waals surface area contributed by atoms with Crippen LogP contribution in [0.3, 0.4) is 0 Å². The van der Waals surface area contributed by atoms with Gasteiger partial charge in [0.05, 0.1) is 0 Å². The summed E-state index contributed by atoms with van der Waals surface area (Å²) in [7, 11) is 0. The van der Waals surface area contributed by atoms with Crippen LogP contribution in [0.2, 0.25) is 0 Å². The molecule has 0 heterocycles. The number of ketones is 1. The van der Waals surface area contributed by atoms with Crippen molar-refractivity contribution in [2.75, 3.05) is 0 Å². The second-order valence-corrected chi connectivity index (χ2v) is 5.57. The van der Waals surface area contributed by atoms with Gasteiger partial charge in [-0.05, 0) is 33.3 Å². The van der Waals surface area contributed by atoms with Crippen LogP contribution < -0.4 is 0 Å². The molecule has 0 aromatic heterocycles. The van der Waals surface area contributed by atoms with Crippen LogP contribution in [-0.2, 0) is 15.1 Å². The summed E-state index contributed by atoms with van der Waals surface area (Å²) in [5.41, 5.74) is -0.783. The molecule has 1 atom stereocenters. The zero-order valence-corrected chi connectivity index (χ0v) is 11.2. The zero-order valence-electron chi connectivity index (χ0n) is 11.2. The van der Waals surface area contributed by atoms with Crippen molar-refractivity contribution in [3.63, 3.8) is 0 Å². The fourth-order valence-corrected chi connectivity index (χ4v) is 2.06. The highest BCUT2D eigenvalue weighted by atomic mass is 16.5. The van der Waals surface area contributed by atoms with Crippen LogP contribution in [0.5, 0.6) is 0 Å². The number of Topliss-reactive ketones (excluding diaryl/α,β-unsaturated/α-hetero) is 1. The molecule has 0 saturated heterocycles. The van der Waals surface area contributed by atoms with Gasteiger partial charge in [-0.25, -0.2) is 0 Å². The maximum Gasteiger partial charge on any atom is 0.237 e. The first-order valence-electron chi connectivity index (χ1n) is 6.00. The molecule has 0 aliphatic heterocycles. The standard InChI is InChI=1S/C15H18O3/c1-10-12(18-14(2,3)4)13(16)15(10,17)11-8-6-5-7-9-11/h5-9,17H,1-4H3. The molecule has 1 N–H and O–H groups in total. The molecular weight excluding hydrogens is 228 g/mol. The average Bonchev–Trinajstić information content (AvgIpc) is 2.34. The maximum absolute atomic E-state index is 12.1. The summed E-state index contributed by atoms with van der Waals surface area (Å²) in [5.74, 6) is -0.0741. The summed E-state index contributed by atoms with van der Waals surface area (Å²) in [5, 5.41) is 10.5. The third-order valence-electron chi connectivity index (χ3n) is 3.02. The number of hydrogen-bond donors (Lipinski definition) is 1. The fraction of sp³-hybridized carbons (Fsp3) is 0.400. The normalized spacial score (nSPS) is 23.9. The van der Waals surface area contributed by atoms with E-state index in [1.807, 2.05) is 26.8 Å². The van der Waals surface area contributed by atoms with E-state index in [-0.39, 0.29) is 11.5 Å². The van der Waals surface area contributed by atoms with E-state index in [1.54, 1.807) is 31.2 Å². The first kappa shape index (κ1) is 12.8. The quantitative estimate of drug-likeness (QED) is 0.872. The molecule has 0 bridgehead atoms. The smallest absolute Gasteiger partial charge is 0.237 e. The van der Waals surface area contributed by atoms with E-state index in [4.69, 9.17) is 4.74 Å². The minimum Gasteiger partial charge on any atom is -0.484 e. The van der Waals surface area contributed by atoms with Gasteiger partial charge in [0, 0.05) is 5.57 Å². The van der Waals surface area contributed by atoms with E-state index in [2.05, 4.69) is 0 Å². The van der Waals surface area contributed by atoms with E-state index < -0.39 is 11.2 Å². The minimum atomic E-state index is -1.51. The molecule has 0 radical (unpaired) electrons. The van der Waals surface area contributed by atoms with Crippen LogP contribution in [-0.4, -0.2) is 16.5 Å². The number of hydrogen-bond acceptors (Lipinski definition) is 3. The third-order valence-corrected chi connectivity index (χ3v) is 3.02. The van der Waals surface area contributed by atoms with Gasteiger partial charge >= 0.3 is 0 Å². The van der Waals surface area contributed by atoms with Gasteiger partial charge in [-0.2, -0.15) is 0 Å². The van der Waals surface area contributed by atoms with Crippen LogP contribution in [0, 0.1) is 0 Å². The highest BCUT2D eigenvalue weighted by Gasteiger charge is 2.53. The van der Waals surface area contributed by atoms with Gasteiger partial charge in [0.25, 0.3) is 0 Å². The Bertz CT molecular complexity index is 508. The summed E-state index contributed by atoms with van der Waals surface area (Å²) in [6.07, 6.45) is 0. The van der Waals surface area contributed by atoms with Gasteiger partial charge in [0.2, 0.25) is 5.78 Å². The molecule has 1 aliphatic carbocycles. The number of carbonyl (C=O) groups excluding carboxylic acids is 1. The van der Waals surface area contributed by atoms with Crippen molar-refractivity contribution in [3.05, 3.63) is 47.2 Å². The lowest BCUT2D eigenvalue weighted by molar-refractivity contribution is -0.144. The molecule has 1 aromatic rings. The van der Waals surface area contributed by atoms with Gasteiger partial charge in [-0.3, -0.25) is 4.79 Å². The number of carbonyl (C=O) groups is 1. The van der Waals surface area contributed by atoms with Gasteiger partial charge in [-0.15, -0.1) is 0 Å². The van der Waals surface area contributed by atoms with Crippen molar-refractivity contribution in [2.24, 2.45) is 0 Å². The van der Waals surface area contributed by atoms with Crippen LogP contribution in [0.15, 0.2) is 41.7 Å². The largest absolute Gasteiger partial charge is 0.484 e. The predicted molar refractivity (Wildman–Crippen MR) is 68.9 cm³/mol. The molecule has 96 valence electrons. The SMILES string of the molecule is CC1=C(OC(C)(C)C)C(=O)C1(O)c1ccccc1. The molecule has 3 nitrogen and oxygen atoms in total. The molecule has 1 aliphatic rings. The second kappa shape index (κ2) is 3.95. The lowest BCUT2D eigenvalue weighted by atomic mass is 9.72. The number of ether oxygens (including phenoxy) is 1. The topological polar surface area (TPSA) is 46.5 Å². The molecule has 0 spiro atoms. The molecule has 1 unspecified atom stereocenters. The Morgan fingerprint density at radius 2 is 1.72 bits per heavy atom. The van der Waals surface area contributed by atoms with E-state index in [9.17, 15) is 9.90 Å². The second-order valence-electron chi connectivity index (χ2n) is 5.57. The summed E-state index contributed by atoms with van der Waals surface area (Å²) in [6.45, 7) is 7.36. The Morgan fingerprint density at radius 3 is 2.17 bits per heavy atom. The average molecular weight is 246 g/mol. The predicted octanol–water partition coefficient (Wildman–Crippen LogP) is 2.55. The van der Waals surface area contributed by atoms with Crippen LogP contribution >= 0.6 is 0 Å².